The van der Waals surface area contributed by atoms with Crippen molar-refractivity contribution in [3.63, 3.8) is 0 Å². The standard InChI is InChI=1S/C21H16O2/c1-2-23-21(22)20-9-5-8-16-18-11-10-14-6-3-4-7-15(14)17(18)12-13-19(16)20/h3-13H,2H2,1H3. The van der Waals surface area contributed by atoms with Gasteiger partial charge >= 0.3 is 5.97 Å². The van der Waals surface area contributed by atoms with E-state index in [9.17, 15) is 4.79 Å². The molecule has 112 valence electrons. The van der Waals surface area contributed by atoms with Crippen LogP contribution in [0, 0.1) is 0 Å². The molecule has 0 N–H and O–H groups in total. The van der Waals surface area contributed by atoms with Crippen molar-refractivity contribution in [1.82, 2.24) is 0 Å². The van der Waals surface area contributed by atoms with Crippen LogP contribution in [-0.4, -0.2) is 12.6 Å². The van der Waals surface area contributed by atoms with E-state index in [2.05, 4.69) is 42.5 Å². The molecule has 0 bridgehead atoms. The fourth-order valence-corrected chi connectivity index (χ4v) is 3.24. The minimum absolute atomic E-state index is 0.266. The van der Waals surface area contributed by atoms with Crippen molar-refractivity contribution in [2.75, 3.05) is 6.61 Å². The molecule has 0 radical (unpaired) electrons. The van der Waals surface area contributed by atoms with Gasteiger partial charge < -0.3 is 4.74 Å². The Bertz CT molecular complexity index is 1050. The molecular formula is C21H16O2. The largest absolute Gasteiger partial charge is 0.462 e. The van der Waals surface area contributed by atoms with E-state index in [-0.39, 0.29) is 5.97 Å². The monoisotopic (exact) mass is 300 g/mol. The zero-order valence-electron chi connectivity index (χ0n) is 12.9. The number of esters is 1. The number of ether oxygens (including phenoxy) is 1. The average Bonchev–Trinajstić information content (AvgIpc) is 2.60. The highest BCUT2D eigenvalue weighted by molar-refractivity contribution is 6.20. The van der Waals surface area contributed by atoms with Crippen LogP contribution < -0.4 is 0 Å². The summed E-state index contributed by atoms with van der Waals surface area (Å²) in [5.41, 5.74) is 0.624. The number of carbonyl (C=O) groups excluding carboxylic acids is 1. The van der Waals surface area contributed by atoms with E-state index in [1.54, 1.807) is 0 Å². The maximum absolute atomic E-state index is 12.2. The van der Waals surface area contributed by atoms with Crippen molar-refractivity contribution in [2.24, 2.45) is 0 Å². The Morgan fingerprint density at radius 3 is 2.26 bits per heavy atom. The fraction of sp³-hybridized carbons (Fsp3) is 0.0952. The van der Waals surface area contributed by atoms with Gasteiger partial charge in [-0.2, -0.15) is 0 Å². The maximum atomic E-state index is 12.2. The minimum Gasteiger partial charge on any atom is -0.462 e. The second kappa shape index (κ2) is 5.40. The number of benzene rings is 4. The van der Waals surface area contributed by atoms with E-state index in [1.807, 2.05) is 31.2 Å². The second-order valence-corrected chi connectivity index (χ2v) is 5.57. The molecule has 0 amide bonds. The Labute approximate surface area is 134 Å². The van der Waals surface area contributed by atoms with Crippen LogP contribution in [0.5, 0.6) is 0 Å². The smallest absolute Gasteiger partial charge is 0.338 e. The molecule has 4 rings (SSSR count). The highest BCUT2D eigenvalue weighted by atomic mass is 16.5. The molecule has 0 aromatic heterocycles. The molecule has 0 aliphatic rings. The van der Waals surface area contributed by atoms with E-state index in [0.29, 0.717) is 12.2 Å². The van der Waals surface area contributed by atoms with Crippen LogP contribution in [0.25, 0.3) is 32.3 Å². The van der Waals surface area contributed by atoms with E-state index in [4.69, 9.17) is 4.74 Å². The molecule has 23 heavy (non-hydrogen) atoms. The minimum atomic E-state index is -0.266. The predicted molar refractivity (Wildman–Crippen MR) is 94.9 cm³/mol. The van der Waals surface area contributed by atoms with Crippen LogP contribution in [0.2, 0.25) is 0 Å². The highest BCUT2D eigenvalue weighted by Gasteiger charge is 2.12. The number of hydrogen-bond donors (Lipinski definition) is 0. The zero-order valence-corrected chi connectivity index (χ0v) is 12.9. The first kappa shape index (κ1) is 13.8. The van der Waals surface area contributed by atoms with Crippen molar-refractivity contribution in [3.8, 4) is 0 Å². The van der Waals surface area contributed by atoms with Crippen LogP contribution in [0.3, 0.4) is 0 Å². The molecule has 0 saturated carbocycles. The van der Waals surface area contributed by atoms with Gasteiger partial charge in [0.15, 0.2) is 0 Å². The molecule has 2 heteroatoms. The van der Waals surface area contributed by atoms with Crippen LogP contribution in [0.15, 0.2) is 66.7 Å². The predicted octanol–water partition coefficient (Wildman–Crippen LogP) is 5.32. The van der Waals surface area contributed by atoms with Gasteiger partial charge in [0.2, 0.25) is 0 Å². The van der Waals surface area contributed by atoms with Gasteiger partial charge in [-0.3, -0.25) is 0 Å². The van der Waals surface area contributed by atoms with Gasteiger partial charge in [-0.05, 0) is 45.3 Å². The molecule has 0 saturated heterocycles. The molecule has 4 aromatic rings. The lowest BCUT2D eigenvalue weighted by Gasteiger charge is -2.10. The summed E-state index contributed by atoms with van der Waals surface area (Å²) in [5.74, 6) is -0.266. The van der Waals surface area contributed by atoms with Crippen LogP contribution in [0.1, 0.15) is 17.3 Å². The average molecular weight is 300 g/mol. The summed E-state index contributed by atoms with van der Waals surface area (Å²) in [6.07, 6.45) is 0. The number of fused-ring (bicyclic) bond motifs is 5. The summed E-state index contributed by atoms with van der Waals surface area (Å²) in [6, 6.07) is 22.6. The molecule has 0 aliphatic carbocycles. The Morgan fingerprint density at radius 2 is 1.39 bits per heavy atom. The van der Waals surface area contributed by atoms with E-state index >= 15 is 0 Å². The summed E-state index contributed by atoms with van der Waals surface area (Å²) in [6.45, 7) is 2.21. The summed E-state index contributed by atoms with van der Waals surface area (Å²) in [4.78, 5) is 12.2. The first-order valence-corrected chi connectivity index (χ1v) is 7.80. The Kier molecular flexibility index (Phi) is 3.23. The van der Waals surface area contributed by atoms with Crippen molar-refractivity contribution in [1.29, 1.82) is 0 Å². The second-order valence-electron chi connectivity index (χ2n) is 5.57. The van der Waals surface area contributed by atoms with E-state index in [0.717, 1.165) is 16.2 Å². The lowest BCUT2D eigenvalue weighted by atomic mass is 9.95. The van der Waals surface area contributed by atoms with Crippen LogP contribution in [0.4, 0.5) is 0 Å². The topological polar surface area (TPSA) is 26.3 Å². The van der Waals surface area contributed by atoms with Gasteiger partial charge in [0.1, 0.15) is 0 Å². The Hall–Kier alpha value is -2.87. The quantitative estimate of drug-likeness (QED) is 0.370. The third-order valence-corrected chi connectivity index (χ3v) is 4.28. The molecule has 0 atom stereocenters. The number of carbonyl (C=O) groups is 1. The lowest BCUT2D eigenvalue weighted by Crippen LogP contribution is -2.05. The molecule has 0 heterocycles. The molecule has 0 aliphatic heterocycles. The van der Waals surface area contributed by atoms with Gasteiger partial charge in [-0.1, -0.05) is 60.7 Å². The summed E-state index contributed by atoms with van der Waals surface area (Å²) in [5, 5.41) is 6.84. The van der Waals surface area contributed by atoms with Crippen LogP contribution >= 0.6 is 0 Å². The van der Waals surface area contributed by atoms with Crippen molar-refractivity contribution >= 4 is 38.3 Å². The summed E-state index contributed by atoms with van der Waals surface area (Å²) >= 11 is 0. The summed E-state index contributed by atoms with van der Waals surface area (Å²) in [7, 11) is 0. The highest BCUT2D eigenvalue weighted by Crippen LogP contribution is 2.32. The van der Waals surface area contributed by atoms with Crippen molar-refractivity contribution < 1.29 is 9.53 Å². The molecule has 4 aromatic carbocycles. The normalized spacial score (nSPS) is 11.2. The first-order chi connectivity index (χ1) is 11.3. The van der Waals surface area contributed by atoms with Gasteiger partial charge in [0.25, 0.3) is 0 Å². The van der Waals surface area contributed by atoms with Gasteiger partial charge in [-0.25, -0.2) is 4.79 Å². The van der Waals surface area contributed by atoms with Crippen molar-refractivity contribution in [3.05, 3.63) is 72.3 Å². The lowest BCUT2D eigenvalue weighted by molar-refractivity contribution is 0.0528. The zero-order chi connectivity index (χ0) is 15.8. The Balaban J connectivity index is 2.08. The molecule has 0 unspecified atom stereocenters. The molecule has 0 spiro atoms. The third-order valence-electron chi connectivity index (χ3n) is 4.28. The van der Waals surface area contributed by atoms with Gasteiger partial charge in [-0.15, -0.1) is 0 Å². The molecule has 2 nitrogen and oxygen atoms in total. The van der Waals surface area contributed by atoms with E-state index < -0.39 is 0 Å². The Morgan fingerprint density at radius 1 is 0.739 bits per heavy atom. The fourth-order valence-electron chi connectivity index (χ4n) is 3.24. The van der Waals surface area contributed by atoms with Crippen molar-refractivity contribution in [2.45, 2.75) is 6.92 Å². The maximum Gasteiger partial charge on any atom is 0.338 e. The van der Waals surface area contributed by atoms with Crippen LogP contribution in [-0.2, 0) is 4.74 Å². The molecule has 0 fully saturated rings. The number of rotatable bonds is 2. The number of hydrogen-bond acceptors (Lipinski definition) is 2. The summed E-state index contributed by atoms with van der Waals surface area (Å²) < 4.78 is 5.18. The third kappa shape index (κ3) is 2.15. The SMILES string of the molecule is CCOC(=O)c1cccc2c1ccc1c3ccccc3ccc21. The molecular weight excluding hydrogens is 284 g/mol. The van der Waals surface area contributed by atoms with E-state index in [1.165, 1.54) is 16.2 Å². The first-order valence-electron chi connectivity index (χ1n) is 7.80. The van der Waals surface area contributed by atoms with Gasteiger partial charge in [0, 0.05) is 0 Å². The van der Waals surface area contributed by atoms with Gasteiger partial charge in [0.05, 0.1) is 12.2 Å².